The zero-order chi connectivity index (χ0) is 7.28. The van der Waals surface area contributed by atoms with E-state index in [2.05, 4.69) is 15.9 Å². The Balaban J connectivity index is 0. The standard InChI is InChI=1S/C5H10BrNO2.BrH/c6-3-4(7)1-2-5(8)9;/h4H,1-3,7H2,(H,8,9);1H. The molecule has 0 aliphatic carbocycles. The Labute approximate surface area is 78.9 Å². The molecule has 0 amide bonds. The SMILES string of the molecule is Br.NC(CBr)CCC(=O)O. The normalized spacial score (nSPS) is 11.8. The Morgan fingerprint density at radius 2 is 2.20 bits per heavy atom. The second kappa shape index (κ2) is 7.50. The first kappa shape index (κ1) is 13.0. The van der Waals surface area contributed by atoms with Crippen molar-refractivity contribution in [1.82, 2.24) is 0 Å². The van der Waals surface area contributed by atoms with Gasteiger partial charge in [0.1, 0.15) is 0 Å². The molecule has 3 nitrogen and oxygen atoms in total. The van der Waals surface area contributed by atoms with Gasteiger partial charge in [-0.25, -0.2) is 0 Å². The van der Waals surface area contributed by atoms with Crippen LogP contribution in [0.4, 0.5) is 0 Å². The van der Waals surface area contributed by atoms with Gasteiger partial charge in [0.15, 0.2) is 0 Å². The summed E-state index contributed by atoms with van der Waals surface area (Å²) in [5.41, 5.74) is 5.41. The molecule has 0 rings (SSSR count). The van der Waals surface area contributed by atoms with E-state index in [0.29, 0.717) is 11.8 Å². The summed E-state index contributed by atoms with van der Waals surface area (Å²) >= 11 is 3.15. The highest BCUT2D eigenvalue weighted by Crippen LogP contribution is 1.96. The van der Waals surface area contributed by atoms with E-state index in [1.54, 1.807) is 0 Å². The van der Waals surface area contributed by atoms with Crippen LogP contribution in [0.15, 0.2) is 0 Å². The molecule has 0 aliphatic rings. The van der Waals surface area contributed by atoms with Crippen molar-refractivity contribution in [3.8, 4) is 0 Å². The van der Waals surface area contributed by atoms with Gasteiger partial charge in [0.05, 0.1) is 0 Å². The number of hydrogen-bond donors (Lipinski definition) is 2. The lowest BCUT2D eigenvalue weighted by atomic mass is 10.2. The van der Waals surface area contributed by atoms with E-state index in [9.17, 15) is 4.79 Å². The van der Waals surface area contributed by atoms with Gasteiger partial charge in [-0.15, -0.1) is 17.0 Å². The topological polar surface area (TPSA) is 63.3 Å². The third kappa shape index (κ3) is 8.39. The Hall–Kier alpha value is 0.390. The minimum absolute atomic E-state index is 0. The van der Waals surface area contributed by atoms with E-state index in [4.69, 9.17) is 10.8 Å². The summed E-state index contributed by atoms with van der Waals surface area (Å²) in [5, 5.41) is 8.85. The molecule has 0 heterocycles. The maximum Gasteiger partial charge on any atom is 0.303 e. The smallest absolute Gasteiger partial charge is 0.303 e. The molecule has 62 valence electrons. The van der Waals surface area contributed by atoms with Crippen LogP contribution in [-0.4, -0.2) is 22.4 Å². The largest absolute Gasteiger partial charge is 0.481 e. The Kier molecular flexibility index (Phi) is 9.76. The Morgan fingerprint density at radius 1 is 1.70 bits per heavy atom. The lowest BCUT2D eigenvalue weighted by Gasteiger charge is -2.02. The van der Waals surface area contributed by atoms with Gasteiger partial charge in [0.25, 0.3) is 0 Å². The molecule has 0 bridgehead atoms. The minimum atomic E-state index is -0.786. The minimum Gasteiger partial charge on any atom is -0.481 e. The number of halogens is 2. The fourth-order valence-electron chi connectivity index (χ4n) is 0.386. The van der Waals surface area contributed by atoms with Crippen molar-refractivity contribution < 1.29 is 9.90 Å². The van der Waals surface area contributed by atoms with Gasteiger partial charge in [0.2, 0.25) is 0 Å². The second-order valence-electron chi connectivity index (χ2n) is 1.85. The molecule has 0 aromatic carbocycles. The Bertz CT molecular complexity index is 99.6. The van der Waals surface area contributed by atoms with E-state index in [-0.39, 0.29) is 29.4 Å². The highest BCUT2D eigenvalue weighted by Gasteiger charge is 2.02. The summed E-state index contributed by atoms with van der Waals surface area (Å²) in [4.78, 5) is 9.95. The van der Waals surface area contributed by atoms with Crippen molar-refractivity contribution in [2.24, 2.45) is 5.73 Å². The van der Waals surface area contributed by atoms with Gasteiger partial charge in [-0.2, -0.15) is 0 Å². The average Bonchev–Trinajstić information content (AvgIpc) is 1.83. The van der Waals surface area contributed by atoms with Crippen LogP contribution < -0.4 is 5.73 Å². The zero-order valence-corrected chi connectivity index (χ0v) is 8.72. The van der Waals surface area contributed by atoms with E-state index >= 15 is 0 Å². The van der Waals surface area contributed by atoms with Crippen LogP contribution in [0.5, 0.6) is 0 Å². The molecule has 0 fully saturated rings. The van der Waals surface area contributed by atoms with Crippen molar-refractivity contribution in [3.05, 3.63) is 0 Å². The molecule has 0 saturated carbocycles. The van der Waals surface area contributed by atoms with E-state index in [1.807, 2.05) is 0 Å². The summed E-state index contributed by atoms with van der Waals surface area (Å²) in [6, 6.07) is -0.0268. The van der Waals surface area contributed by atoms with Gasteiger partial charge in [-0.05, 0) is 6.42 Å². The predicted molar refractivity (Wildman–Crippen MR) is 49.0 cm³/mol. The lowest BCUT2D eigenvalue weighted by Crippen LogP contribution is -2.22. The summed E-state index contributed by atoms with van der Waals surface area (Å²) in [7, 11) is 0. The summed E-state index contributed by atoms with van der Waals surface area (Å²) in [6.45, 7) is 0. The molecular weight excluding hydrogens is 266 g/mol. The molecule has 10 heavy (non-hydrogen) atoms. The molecule has 0 aliphatic heterocycles. The van der Waals surface area contributed by atoms with Crippen LogP contribution in [0.3, 0.4) is 0 Å². The highest BCUT2D eigenvalue weighted by atomic mass is 79.9. The van der Waals surface area contributed by atoms with Gasteiger partial charge in [-0.3, -0.25) is 4.79 Å². The highest BCUT2D eigenvalue weighted by molar-refractivity contribution is 9.09. The van der Waals surface area contributed by atoms with Crippen LogP contribution in [0, 0.1) is 0 Å². The van der Waals surface area contributed by atoms with Gasteiger partial charge < -0.3 is 10.8 Å². The molecule has 0 spiro atoms. The van der Waals surface area contributed by atoms with E-state index in [0.717, 1.165) is 0 Å². The maximum atomic E-state index is 9.95. The fraction of sp³-hybridized carbons (Fsp3) is 0.800. The average molecular weight is 277 g/mol. The number of carboxylic acids is 1. The van der Waals surface area contributed by atoms with Gasteiger partial charge in [-0.1, -0.05) is 15.9 Å². The number of rotatable bonds is 4. The van der Waals surface area contributed by atoms with E-state index in [1.165, 1.54) is 0 Å². The lowest BCUT2D eigenvalue weighted by molar-refractivity contribution is -0.137. The predicted octanol–water partition coefficient (Wildman–Crippen LogP) is 1.15. The molecule has 1 atom stereocenters. The first-order valence-corrected chi connectivity index (χ1v) is 3.82. The van der Waals surface area contributed by atoms with Crippen molar-refractivity contribution in [1.29, 1.82) is 0 Å². The number of carboxylic acid groups (broad SMARTS) is 1. The molecule has 0 aromatic rings. The number of hydrogen-bond acceptors (Lipinski definition) is 2. The van der Waals surface area contributed by atoms with Crippen molar-refractivity contribution >= 4 is 38.9 Å². The van der Waals surface area contributed by atoms with Crippen molar-refractivity contribution in [2.45, 2.75) is 18.9 Å². The third-order valence-electron chi connectivity index (χ3n) is 0.927. The molecule has 0 radical (unpaired) electrons. The maximum absolute atomic E-state index is 9.95. The molecule has 3 N–H and O–H groups in total. The van der Waals surface area contributed by atoms with Gasteiger partial charge >= 0.3 is 5.97 Å². The van der Waals surface area contributed by atoms with Crippen LogP contribution in [0.1, 0.15) is 12.8 Å². The van der Waals surface area contributed by atoms with Gasteiger partial charge in [0, 0.05) is 17.8 Å². The number of alkyl halides is 1. The van der Waals surface area contributed by atoms with Crippen LogP contribution in [0.25, 0.3) is 0 Å². The first-order chi connectivity index (χ1) is 4.16. The number of nitrogens with two attached hydrogens (primary N) is 1. The van der Waals surface area contributed by atoms with Crippen LogP contribution >= 0.6 is 32.9 Å². The quantitative estimate of drug-likeness (QED) is 0.758. The first-order valence-electron chi connectivity index (χ1n) is 2.70. The number of carbonyl (C=O) groups is 1. The molecular formula is C5H11Br2NO2. The molecule has 1 unspecified atom stereocenters. The van der Waals surface area contributed by atoms with Crippen LogP contribution in [0.2, 0.25) is 0 Å². The second-order valence-corrected chi connectivity index (χ2v) is 2.49. The Morgan fingerprint density at radius 3 is 2.50 bits per heavy atom. The van der Waals surface area contributed by atoms with Crippen molar-refractivity contribution in [2.75, 3.05) is 5.33 Å². The fourth-order valence-corrected chi connectivity index (χ4v) is 0.710. The third-order valence-corrected chi connectivity index (χ3v) is 1.76. The molecule has 5 heteroatoms. The summed E-state index contributed by atoms with van der Waals surface area (Å²) < 4.78 is 0. The van der Waals surface area contributed by atoms with Crippen LogP contribution in [-0.2, 0) is 4.79 Å². The molecule has 0 aromatic heterocycles. The molecule has 0 saturated heterocycles. The summed E-state index contributed by atoms with van der Waals surface area (Å²) in [5.74, 6) is -0.786. The number of aliphatic carboxylic acids is 1. The van der Waals surface area contributed by atoms with Crippen molar-refractivity contribution in [3.63, 3.8) is 0 Å². The zero-order valence-electron chi connectivity index (χ0n) is 5.42. The summed E-state index contributed by atoms with van der Waals surface area (Å²) in [6.07, 6.45) is 0.702. The van der Waals surface area contributed by atoms with E-state index < -0.39 is 5.97 Å². The monoisotopic (exact) mass is 275 g/mol.